The molecule has 0 saturated heterocycles. The minimum Gasteiger partial charge on any atom is -0.497 e. The minimum absolute atomic E-state index is 0.118. The van der Waals surface area contributed by atoms with Crippen LogP contribution in [0.5, 0.6) is 11.5 Å². The molecule has 0 amide bonds. The molecule has 0 fully saturated rings. The Kier molecular flexibility index (Phi) is 5.11. The van der Waals surface area contributed by atoms with Gasteiger partial charge in [-0.1, -0.05) is 6.92 Å². The standard InChI is InChI=1S/C16H21N3O2/c1-4-12(17)9-13-5-6-18-16(19-13)11-7-14(20-2)10-15(8-11)21-3/h5-8,10,12H,4,9,17H2,1-3H3. The maximum atomic E-state index is 5.98. The molecule has 0 radical (unpaired) electrons. The van der Waals surface area contributed by atoms with Gasteiger partial charge in [0.1, 0.15) is 11.5 Å². The molecule has 0 aliphatic rings. The Labute approximate surface area is 125 Å². The summed E-state index contributed by atoms with van der Waals surface area (Å²) in [7, 11) is 3.24. The Balaban J connectivity index is 2.35. The molecule has 1 unspecified atom stereocenters. The van der Waals surface area contributed by atoms with Crippen molar-refractivity contribution in [1.29, 1.82) is 0 Å². The van der Waals surface area contributed by atoms with E-state index in [-0.39, 0.29) is 6.04 Å². The van der Waals surface area contributed by atoms with Crippen LogP contribution in [-0.2, 0) is 6.42 Å². The lowest BCUT2D eigenvalue weighted by atomic mass is 10.1. The summed E-state index contributed by atoms with van der Waals surface area (Å²) in [6, 6.07) is 7.62. The van der Waals surface area contributed by atoms with E-state index in [1.54, 1.807) is 20.4 Å². The molecule has 2 N–H and O–H groups in total. The van der Waals surface area contributed by atoms with E-state index >= 15 is 0 Å². The summed E-state index contributed by atoms with van der Waals surface area (Å²) in [5, 5.41) is 0. The van der Waals surface area contributed by atoms with E-state index in [9.17, 15) is 0 Å². The average molecular weight is 287 g/mol. The van der Waals surface area contributed by atoms with Gasteiger partial charge >= 0.3 is 0 Å². The number of methoxy groups -OCH3 is 2. The highest BCUT2D eigenvalue weighted by molar-refractivity contribution is 5.60. The molecule has 1 heterocycles. The van der Waals surface area contributed by atoms with E-state index in [1.165, 1.54) is 0 Å². The molecule has 5 nitrogen and oxygen atoms in total. The average Bonchev–Trinajstić information content (AvgIpc) is 2.54. The zero-order valence-electron chi connectivity index (χ0n) is 12.7. The molecule has 21 heavy (non-hydrogen) atoms. The SMILES string of the molecule is CCC(N)Cc1ccnc(-c2cc(OC)cc(OC)c2)n1. The molecule has 112 valence electrons. The van der Waals surface area contributed by atoms with Gasteiger partial charge in [0.2, 0.25) is 0 Å². The predicted octanol–water partition coefficient (Wildman–Crippen LogP) is 2.44. The molecule has 5 heteroatoms. The number of rotatable bonds is 6. The van der Waals surface area contributed by atoms with Crippen LogP contribution in [0, 0.1) is 0 Å². The van der Waals surface area contributed by atoms with Crippen molar-refractivity contribution < 1.29 is 9.47 Å². The van der Waals surface area contributed by atoms with E-state index in [1.807, 2.05) is 24.3 Å². The fourth-order valence-corrected chi connectivity index (χ4v) is 2.00. The van der Waals surface area contributed by atoms with Gasteiger partial charge in [0.15, 0.2) is 5.82 Å². The van der Waals surface area contributed by atoms with E-state index < -0.39 is 0 Å². The van der Waals surface area contributed by atoms with Crippen molar-refractivity contribution >= 4 is 0 Å². The van der Waals surface area contributed by atoms with Crippen LogP contribution in [0.15, 0.2) is 30.5 Å². The quantitative estimate of drug-likeness (QED) is 0.883. The Hall–Kier alpha value is -2.14. The van der Waals surface area contributed by atoms with Gasteiger partial charge in [0.25, 0.3) is 0 Å². The summed E-state index contributed by atoms with van der Waals surface area (Å²) in [6.07, 6.45) is 3.42. The zero-order valence-corrected chi connectivity index (χ0v) is 12.7. The topological polar surface area (TPSA) is 70.3 Å². The number of hydrogen-bond donors (Lipinski definition) is 1. The molecule has 2 rings (SSSR count). The molecular weight excluding hydrogens is 266 g/mol. The lowest BCUT2D eigenvalue weighted by Crippen LogP contribution is -2.22. The number of ether oxygens (including phenoxy) is 2. The maximum Gasteiger partial charge on any atom is 0.159 e. The molecule has 1 atom stereocenters. The van der Waals surface area contributed by atoms with E-state index in [0.717, 1.165) is 24.1 Å². The van der Waals surface area contributed by atoms with Crippen molar-refractivity contribution in [2.45, 2.75) is 25.8 Å². The number of benzene rings is 1. The van der Waals surface area contributed by atoms with Crippen molar-refractivity contribution in [3.63, 3.8) is 0 Å². The third-order valence-corrected chi connectivity index (χ3v) is 3.32. The van der Waals surface area contributed by atoms with Gasteiger partial charge in [-0.05, 0) is 24.6 Å². The van der Waals surface area contributed by atoms with Crippen molar-refractivity contribution in [3.8, 4) is 22.9 Å². The van der Waals surface area contributed by atoms with Crippen LogP contribution in [0.25, 0.3) is 11.4 Å². The zero-order chi connectivity index (χ0) is 15.2. The van der Waals surface area contributed by atoms with Crippen molar-refractivity contribution in [3.05, 3.63) is 36.2 Å². The van der Waals surface area contributed by atoms with Gasteiger partial charge in [-0.2, -0.15) is 0 Å². The third-order valence-electron chi connectivity index (χ3n) is 3.32. The molecule has 0 aliphatic heterocycles. The number of hydrogen-bond acceptors (Lipinski definition) is 5. The van der Waals surface area contributed by atoms with Crippen LogP contribution in [0.2, 0.25) is 0 Å². The third kappa shape index (κ3) is 3.92. The van der Waals surface area contributed by atoms with Crippen LogP contribution < -0.4 is 15.2 Å². The molecule has 0 saturated carbocycles. The number of aromatic nitrogens is 2. The Morgan fingerprint density at radius 1 is 1.14 bits per heavy atom. The smallest absolute Gasteiger partial charge is 0.159 e. The van der Waals surface area contributed by atoms with Crippen molar-refractivity contribution in [1.82, 2.24) is 9.97 Å². The summed E-state index contributed by atoms with van der Waals surface area (Å²) in [5.41, 5.74) is 7.78. The highest BCUT2D eigenvalue weighted by Crippen LogP contribution is 2.27. The summed E-state index contributed by atoms with van der Waals surface area (Å²) in [5.74, 6) is 2.07. The molecule has 2 aromatic rings. The summed E-state index contributed by atoms with van der Waals surface area (Å²) >= 11 is 0. The Morgan fingerprint density at radius 3 is 2.38 bits per heavy atom. The second-order valence-electron chi connectivity index (χ2n) is 4.85. The first-order valence-corrected chi connectivity index (χ1v) is 6.97. The molecular formula is C16H21N3O2. The van der Waals surface area contributed by atoms with Gasteiger partial charge in [-0.25, -0.2) is 9.97 Å². The molecule has 0 aliphatic carbocycles. The van der Waals surface area contributed by atoms with Crippen molar-refractivity contribution in [2.75, 3.05) is 14.2 Å². The number of nitrogens with zero attached hydrogens (tertiary/aromatic N) is 2. The van der Waals surface area contributed by atoms with E-state index in [4.69, 9.17) is 15.2 Å². The Bertz CT molecular complexity index is 580. The maximum absolute atomic E-state index is 5.98. The first-order valence-electron chi connectivity index (χ1n) is 6.97. The minimum atomic E-state index is 0.118. The molecule has 1 aromatic heterocycles. The monoisotopic (exact) mass is 287 g/mol. The van der Waals surface area contributed by atoms with Crippen LogP contribution in [0.4, 0.5) is 0 Å². The lowest BCUT2D eigenvalue weighted by molar-refractivity contribution is 0.394. The van der Waals surface area contributed by atoms with Gasteiger partial charge in [0.05, 0.1) is 14.2 Å². The van der Waals surface area contributed by atoms with Crippen LogP contribution in [-0.4, -0.2) is 30.2 Å². The normalized spacial score (nSPS) is 12.0. The molecule has 0 bridgehead atoms. The highest BCUT2D eigenvalue weighted by atomic mass is 16.5. The highest BCUT2D eigenvalue weighted by Gasteiger charge is 2.09. The fourth-order valence-electron chi connectivity index (χ4n) is 2.00. The second kappa shape index (κ2) is 7.04. The molecule has 1 aromatic carbocycles. The van der Waals surface area contributed by atoms with Gasteiger partial charge in [0, 0.05) is 36.0 Å². The summed E-state index contributed by atoms with van der Waals surface area (Å²) < 4.78 is 10.6. The van der Waals surface area contributed by atoms with Gasteiger partial charge < -0.3 is 15.2 Å². The van der Waals surface area contributed by atoms with Crippen LogP contribution in [0.1, 0.15) is 19.0 Å². The largest absolute Gasteiger partial charge is 0.497 e. The number of nitrogens with two attached hydrogens (primary N) is 1. The first kappa shape index (κ1) is 15.3. The second-order valence-corrected chi connectivity index (χ2v) is 4.85. The first-order chi connectivity index (χ1) is 10.2. The lowest BCUT2D eigenvalue weighted by Gasteiger charge is -2.10. The Morgan fingerprint density at radius 2 is 1.81 bits per heavy atom. The van der Waals surface area contributed by atoms with Crippen LogP contribution in [0.3, 0.4) is 0 Å². The predicted molar refractivity (Wildman–Crippen MR) is 82.5 cm³/mol. The van der Waals surface area contributed by atoms with Crippen molar-refractivity contribution in [2.24, 2.45) is 5.73 Å². The fraction of sp³-hybridized carbons (Fsp3) is 0.375. The summed E-state index contributed by atoms with van der Waals surface area (Å²) in [6.45, 7) is 2.07. The van der Waals surface area contributed by atoms with Gasteiger partial charge in [-0.3, -0.25) is 0 Å². The van der Waals surface area contributed by atoms with E-state index in [2.05, 4.69) is 16.9 Å². The van der Waals surface area contributed by atoms with Crippen LogP contribution >= 0.6 is 0 Å². The molecule has 0 spiro atoms. The summed E-state index contributed by atoms with van der Waals surface area (Å²) in [4.78, 5) is 8.91. The van der Waals surface area contributed by atoms with E-state index in [0.29, 0.717) is 17.3 Å². The van der Waals surface area contributed by atoms with Gasteiger partial charge in [-0.15, -0.1) is 0 Å².